The minimum Gasteiger partial charge on any atom is -0.0876 e. The Morgan fingerprint density at radius 3 is 3.23 bits per heavy atom. The van der Waals surface area contributed by atoms with Crippen LogP contribution in [0.1, 0.15) is 12.8 Å². The van der Waals surface area contributed by atoms with Crippen molar-refractivity contribution in [2.75, 3.05) is 0 Å². The molecule has 0 saturated heterocycles. The van der Waals surface area contributed by atoms with Crippen molar-refractivity contribution < 1.29 is 0 Å². The highest BCUT2D eigenvalue weighted by molar-refractivity contribution is 5.46. The van der Waals surface area contributed by atoms with Crippen LogP contribution >= 0.6 is 0 Å². The van der Waals surface area contributed by atoms with Gasteiger partial charge in [-0.3, -0.25) is 0 Å². The molecule has 64 valence electrons. The molecule has 0 nitrogen and oxygen atoms in total. The Morgan fingerprint density at radius 1 is 1.23 bits per heavy atom. The van der Waals surface area contributed by atoms with E-state index in [2.05, 4.69) is 42.9 Å². The molecule has 2 atom stereocenters. The van der Waals surface area contributed by atoms with Crippen molar-refractivity contribution in [1.82, 2.24) is 0 Å². The zero-order valence-electron chi connectivity index (χ0n) is 7.53. The van der Waals surface area contributed by atoms with E-state index >= 15 is 0 Å². The summed E-state index contributed by atoms with van der Waals surface area (Å²) in [5.74, 6) is 0.968. The molecule has 13 heavy (non-hydrogen) atoms. The largest absolute Gasteiger partial charge is 0.0876 e. The minimum atomic E-state index is 0.469. The predicted octanol–water partition coefficient (Wildman–Crippen LogP) is 3.09. The summed E-state index contributed by atoms with van der Waals surface area (Å²) in [6.07, 6.45) is 19.6. The van der Waals surface area contributed by atoms with Gasteiger partial charge < -0.3 is 0 Å². The fourth-order valence-corrected chi connectivity index (χ4v) is 2.28. The van der Waals surface area contributed by atoms with E-state index in [0.717, 1.165) is 0 Å². The Kier molecular flexibility index (Phi) is 1.55. The van der Waals surface area contributed by atoms with E-state index in [1.54, 1.807) is 5.57 Å². The summed E-state index contributed by atoms with van der Waals surface area (Å²) in [7, 11) is 0. The van der Waals surface area contributed by atoms with Crippen LogP contribution in [0.2, 0.25) is 0 Å². The van der Waals surface area contributed by atoms with Gasteiger partial charge in [-0.25, -0.2) is 0 Å². The van der Waals surface area contributed by atoms with Crippen molar-refractivity contribution >= 4 is 0 Å². The fourth-order valence-electron chi connectivity index (χ4n) is 2.28. The van der Waals surface area contributed by atoms with Crippen LogP contribution < -0.4 is 0 Å². The molecule has 3 aliphatic carbocycles. The second kappa shape index (κ2) is 2.73. The van der Waals surface area contributed by atoms with Crippen LogP contribution in [0.4, 0.5) is 0 Å². The molecule has 0 aromatic rings. The molecule has 2 unspecified atom stereocenters. The van der Waals surface area contributed by atoms with E-state index in [4.69, 9.17) is 0 Å². The molecule has 0 fully saturated rings. The normalized spacial score (nSPS) is 35.1. The molecule has 0 aliphatic heterocycles. The number of fused-ring (bicyclic) bond motifs is 2. The Balaban J connectivity index is 1.99. The number of hydrogen-bond donors (Lipinski definition) is 0. The van der Waals surface area contributed by atoms with Gasteiger partial charge in [0.15, 0.2) is 0 Å². The molecule has 2 radical (unpaired) electrons. The lowest BCUT2D eigenvalue weighted by atomic mass is 9.76. The van der Waals surface area contributed by atoms with Crippen molar-refractivity contribution in [1.29, 1.82) is 0 Å². The van der Waals surface area contributed by atoms with Crippen LogP contribution in [0.3, 0.4) is 0 Å². The van der Waals surface area contributed by atoms with Gasteiger partial charge >= 0.3 is 0 Å². The lowest BCUT2D eigenvalue weighted by molar-refractivity contribution is 0.673. The number of rotatable bonds is 0. The average Bonchev–Trinajstić information content (AvgIpc) is 2.61. The smallest absolute Gasteiger partial charge is 0.00987 e. The lowest BCUT2D eigenvalue weighted by Crippen LogP contribution is -2.16. The van der Waals surface area contributed by atoms with Crippen LogP contribution in [0.25, 0.3) is 0 Å². The van der Waals surface area contributed by atoms with Gasteiger partial charge in [-0.05, 0) is 18.4 Å². The maximum atomic E-state index is 3.61. The maximum Gasteiger partial charge on any atom is 0.00987 e. The molecule has 0 amide bonds. The minimum absolute atomic E-state index is 0.469. The van der Waals surface area contributed by atoms with E-state index in [1.807, 2.05) is 0 Å². The molecular formula is C13H12. The SMILES string of the molecule is [C]1C2C=CC=C2C=C2CCC=CC12. The molecule has 0 bridgehead atoms. The molecule has 0 heterocycles. The summed E-state index contributed by atoms with van der Waals surface area (Å²) >= 11 is 0. The summed E-state index contributed by atoms with van der Waals surface area (Å²) in [6, 6.07) is 0. The Morgan fingerprint density at radius 2 is 2.23 bits per heavy atom. The zero-order chi connectivity index (χ0) is 8.67. The van der Waals surface area contributed by atoms with Crippen LogP contribution in [0.5, 0.6) is 0 Å². The van der Waals surface area contributed by atoms with E-state index in [1.165, 1.54) is 18.4 Å². The lowest BCUT2D eigenvalue weighted by Gasteiger charge is -2.28. The first kappa shape index (κ1) is 7.37. The first-order chi connectivity index (χ1) is 6.43. The third kappa shape index (κ3) is 1.13. The second-order valence-corrected chi connectivity index (χ2v) is 3.86. The maximum absolute atomic E-state index is 3.61. The Bertz CT molecular complexity index is 339. The van der Waals surface area contributed by atoms with Gasteiger partial charge in [0.1, 0.15) is 0 Å². The summed E-state index contributed by atoms with van der Waals surface area (Å²) in [6.45, 7) is 0. The summed E-state index contributed by atoms with van der Waals surface area (Å²) in [5.41, 5.74) is 2.98. The topological polar surface area (TPSA) is 0 Å². The Hall–Kier alpha value is -1.04. The molecule has 3 rings (SSSR count). The van der Waals surface area contributed by atoms with E-state index < -0.39 is 0 Å². The van der Waals surface area contributed by atoms with Crippen molar-refractivity contribution in [2.45, 2.75) is 12.8 Å². The van der Waals surface area contributed by atoms with Gasteiger partial charge in [-0.1, -0.05) is 42.0 Å². The molecule has 0 heteroatoms. The molecule has 0 spiro atoms. The van der Waals surface area contributed by atoms with Crippen molar-refractivity contribution in [3.63, 3.8) is 0 Å². The third-order valence-electron chi connectivity index (χ3n) is 2.99. The van der Waals surface area contributed by atoms with Crippen molar-refractivity contribution in [3.05, 3.63) is 54.0 Å². The van der Waals surface area contributed by atoms with Gasteiger partial charge in [0, 0.05) is 18.3 Å². The van der Waals surface area contributed by atoms with Crippen LogP contribution in [-0.4, -0.2) is 0 Å². The van der Waals surface area contributed by atoms with Gasteiger partial charge in [0.2, 0.25) is 0 Å². The molecule has 0 aromatic heterocycles. The summed E-state index contributed by atoms with van der Waals surface area (Å²) in [5, 5.41) is 0. The second-order valence-electron chi connectivity index (χ2n) is 3.86. The van der Waals surface area contributed by atoms with Gasteiger partial charge in [-0.2, -0.15) is 0 Å². The van der Waals surface area contributed by atoms with Gasteiger partial charge in [0.05, 0.1) is 0 Å². The monoisotopic (exact) mass is 168 g/mol. The third-order valence-corrected chi connectivity index (χ3v) is 2.99. The van der Waals surface area contributed by atoms with Gasteiger partial charge in [0.25, 0.3) is 0 Å². The van der Waals surface area contributed by atoms with Crippen LogP contribution in [-0.2, 0) is 0 Å². The summed E-state index contributed by atoms with van der Waals surface area (Å²) < 4.78 is 0. The summed E-state index contributed by atoms with van der Waals surface area (Å²) in [4.78, 5) is 0. The Labute approximate surface area is 79.3 Å². The number of allylic oxidation sites excluding steroid dienone is 8. The quantitative estimate of drug-likeness (QED) is 0.487. The molecule has 0 aromatic carbocycles. The van der Waals surface area contributed by atoms with Crippen LogP contribution in [0.15, 0.2) is 47.6 Å². The first-order valence-electron chi connectivity index (χ1n) is 4.95. The number of hydrogen-bond acceptors (Lipinski definition) is 0. The highest BCUT2D eigenvalue weighted by Gasteiger charge is 2.27. The first-order valence-corrected chi connectivity index (χ1v) is 4.95. The van der Waals surface area contributed by atoms with E-state index in [0.29, 0.717) is 11.8 Å². The highest BCUT2D eigenvalue weighted by atomic mass is 14.3. The van der Waals surface area contributed by atoms with E-state index in [-0.39, 0.29) is 0 Å². The van der Waals surface area contributed by atoms with E-state index in [9.17, 15) is 0 Å². The van der Waals surface area contributed by atoms with Crippen LogP contribution in [0, 0.1) is 18.3 Å². The molecule has 0 N–H and O–H groups in total. The molecular weight excluding hydrogens is 156 g/mol. The average molecular weight is 168 g/mol. The van der Waals surface area contributed by atoms with Gasteiger partial charge in [-0.15, -0.1) is 0 Å². The zero-order valence-corrected chi connectivity index (χ0v) is 7.53. The molecule has 3 aliphatic rings. The predicted molar refractivity (Wildman–Crippen MR) is 53.9 cm³/mol. The van der Waals surface area contributed by atoms with Crippen molar-refractivity contribution in [2.24, 2.45) is 11.8 Å². The fraction of sp³-hybridized carbons (Fsp3) is 0.308. The molecule has 0 saturated carbocycles. The highest BCUT2D eigenvalue weighted by Crippen LogP contribution is 2.39. The van der Waals surface area contributed by atoms with Crippen molar-refractivity contribution in [3.8, 4) is 0 Å². The standard InChI is InChI=1S/C13H12/c1-2-5-11-9-13-7-3-6-12(13)8-10(11)4-1/h1,3-4,6-7,9-10,12H,2,5H2.